The van der Waals surface area contributed by atoms with E-state index in [-0.39, 0.29) is 23.3 Å². The van der Waals surface area contributed by atoms with E-state index in [4.69, 9.17) is 4.74 Å². The van der Waals surface area contributed by atoms with Gasteiger partial charge in [0.05, 0.1) is 10.2 Å². The maximum atomic E-state index is 12.4. The predicted molar refractivity (Wildman–Crippen MR) is 120 cm³/mol. The summed E-state index contributed by atoms with van der Waals surface area (Å²) in [6, 6.07) is 18.8. The first kappa shape index (κ1) is 21.4. The summed E-state index contributed by atoms with van der Waals surface area (Å²) in [5.74, 6) is -0.316. The Morgan fingerprint density at radius 1 is 1.00 bits per heavy atom. The number of aryl methyl sites for hydroxylation is 1. The van der Waals surface area contributed by atoms with Gasteiger partial charge >= 0.3 is 0 Å². The van der Waals surface area contributed by atoms with E-state index >= 15 is 0 Å². The second-order valence-corrected chi connectivity index (χ2v) is 7.59. The number of phenols is 1. The Bertz CT molecular complexity index is 1070. The van der Waals surface area contributed by atoms with Crippen molar-refractivity contribution in [3.63, 3.8) is 0 Å². The minimum atomic E-state index is -0.758. The van der Waals surface area contributed by atoms with Crippen molar-refractivity contribution in [3.8, 4) is 11.5 Å². The van der Waals surface area contributed by atoms with Crippen molar-refractivity contribution in [2.24, 2.45) is 0 Å². The Morgan fingerprint density at radius 2 is 1.70 bits per heavy atom. The van der Waals surface area contributed by atoms with Gasteiger partial charge in [0.15, 0.2) is 6.10 Å². The van der Waals surface area contributed by atoms with Crippen molar-refractivity contribution >= 4 is 39.1 Å². The van der Waals surface area contributed by atoms with E-state index in [1.807, 2.05) is 37.3 Å². The van der Waals surface area contributed by atoms with Gasteiger partial charge in [0.2, 0.25) is 0 Å². The van der Waals surface area contributed by atoms with Gasteiger partial charge < -0.3 is 20.5 Å². The number of ether oxygens (including phenoxy) is 1. The van der Waals surface area contributed by atoms with E-state index in [0.29, 0.717) is 17.0 Å². The van der Waals surface area contributed by atoms with Gasteiger partial charge in [0.25, 0.3) is 11.8 Å². The van der Waals surface area contributed by atoms with Crippen LogP contribution < -0.4 is 15.4 Å². The molecule has 0 radical (unpaired) electrons. The molecule has 0 aliphatic rings. The quantitative estimate of drug-likeness (QED) is 0.438. The summed E-state index contributed by atoms with van der Waals surface area (Å²) in [6.07, 6.45) is -0.758. The number of anilines is 2. The van der Waals surface area contributed by atoms with E-state index in [9.17, 15) is 14.7 Å². The molecule has 3 aromatic rings. The summed E-state index contributed by atoms with van der Waals surface area (Å²) < 4.78 is 6.41. The van der Waals surface area contributed by atoms with Crippen molar-refractivity contribution in [3.05, 3.63) is 82.3 Å². The smallest absolute Gasteiger partial charge is 0.265 e. The normalized spacial score (nSPS) is 11.4. The number of halogens is 1. The van der Waals surface area contributed by atoms with Gasteiger partial charge in [0.1, 0.15) is 11.5 Å². The van der Waals surface area contributed by atoms with Crippen LogP contribution in [0.3, 0.4) is 0 Å². The number of phenolic OH excluding ortho intramolecular Hbond substituents is 1. The Kier molecular flexibility index (Phi) is 6.74. The van der Waals surface area contributed by atoms with Gasteiger partial charge in [0, 0.05) is 17.3 Å². The molecule has 0 heterocycles. The fraction of sp³-hybridized carbons (Fsp3) is 0.130. The molecule has 154 valence electrons. The SMILES string of the molecule is Cc1ccc(C(=O)Nc2ccc(NC(=O)C(C)Oc3ccccc3Br)cc2O)cc1. The Hall–Kier alpha value is -3.32. The van der Waals surface area contributed by atoms with E-state index in [1.54, 1.807) is 31.2 Å². The average molecular weight is 469 g/mol. The molecule has 0 bridgehead atoms. The lowest BCUT2D eigenvalue weighted by Crippen LogP contribution is -2.30. The van der Waals surface area contributed by atoms with Crippen LogP contribution in [0.4, 0.5) is 11.4 Å². The molecule has 3 N–H and O–H groups in total. The van der Waals surface area contributed by atoms with E-state index < -0.39 is 6.10 Å². The summed E-state index contributed by atoms with van der Waals surface area (Å²) in [5.41, 5.74) is 2.16. The lowest BCUT2D eigenvalue weighted by atomic mass is 10.1. The monoisotopic (exact) mass is 468 g/mol. The van der Waals surface area contributed by atoms with Gasteiger partial charge in [-0.2, -0.15) is 0 Å². The fourth-order valence-electron chi connectivity index (χ4n) is 2.64. The van der Waals surface area contributed by atoms with E-state index in [1.165, 1.54) is 12.1 Å². The number of rotatable bonds is 6. The molecule has 6 nitrogen and oxygen atoms in total. The van der Waals surface area contributed by atoms with Crippen LogP contribution in [0, 0.1) is 6.92 Å². The van der Waals surface area contributed by atoms with Crippen LogP contribution in [0.15, 0.2) is 71.2 Å². The highest BCUT2D eigenvalue weighted by atomic mass is 79.9. The second-order valence-electron chi connectivity index (χ2n) is 6.73. The van der Waals surface area contributed by atoms with Gasteiger partial charge in [-0.05, 0) is 66.2 Å². The third kappa shape index (κ3) is 5.39. The number of nitrogens with one attached hydrogen (secondary N) is 2. The first-order valence-corrected chi connectivity index (χ1v) is 10.1. The molecule has 0 aromatic heterocycles. The Labute approximate surface area is 183 Å². The van der Waals surface area contributed by atoms with Crippen LogP contribution >= 0.6 is 15.9 Å². The van der Waals surface area contributed by atoms with Crippen LogP contribution in [0.2, 0.25) is 0 Å². The van der Waals surface area contributed by atoms with Gasteiger partial charge in [-0.3, -0.25) is 9.59 Å². The summed E-state index contributed by atoms with van der Waals surface area (Å²) >= 11 is 3.37. The third-order valence-corrected chi connectivity index (χ3v) is 4.99. The minimum absolute atomic E-state index is 0.160. The van der Waals surface area contributed by atoms with Crippen molar-refractivity contribution in [1.29, 1.82) is 0 Å². The molecule has 0 aliphatic carbocycles. The molecule has 1 atom stereocenters. The molecular formula is C23H21BrN2O4. The number of para-hydroxylation sites is 1. The summed E-state index contributed by atoms with van der Waals surface area (Å²) in [6.45, 7) is 3.57. The van der Waals surface area contributed by atoms with E-state index in [0.717, 1.165) is 10.0 Å². The molecule has 0 spiro atoms. The highest BCUT2D eigenvalue weighted by molar-refractivity contribution is 9.10. The maximum Gasteiger partial charge on any atom is 0.265 e. The fourth-order valence-corrected chi connectivity index (χ4v) is 3.02. The zero-order valence-corrected chi connectivity index (χ0v) is 18.1. The van der Waals surface area contributed by atoms with Crippen LogP contribution in [0.1, 0.15) is 22.8 Å². The van der Waals surface area contributed by atoms with Crippen LogP contribution in [-0.2, 0) is 4.79 Å². The summed E-state index contributed by atoms with van der Waals surface area (Å²) in [7, 11) is 0. The topological polar surface area (TPSA) is 87.7 Å². The predicted octanol–water partition coefficient (Wildman–Crippen LogP) is 5.12. The Morgan fingerprint density at radius 3 is 2.37 bits per heavy atom. The number of hydrogen-bond donors (Lipinski definition) is 3. The van der Waals surface area contributed by atoms with Crippen molar-refractivity contribution in [2.75, 3.05) is 10.6 Å². The molecule has 0 saturated heterocycles. The molecule has 1 unspecified atom stereocenters. The summed E-state index contributed by atoms with van der Waals surface area (Å²) in [5, 5.41) is 15.6. The van der Waals surface area contributed by atoms with Gasteiger partial charge in [-0.15, -0.1) is 0 Å². The average Bonchev–Trinajstić information content (AvgIpc) is 2.72. The Balaban J connectivity index is 1.63. The number of amides is 2. The highest BCUT2D eigenvalue weighted by Gasteiger charge is 2.17. The molecule has 0 saturated carbocycles. The molecular weight excluding hydrogens is 448 g/mol. The van der Waals surface area contributed by atoms with Crippen LogP contribution in [0.5, 0.6) is 11.5 Å². The largest absolute Gasteiger partial charge is 0.506 e. The van der Waals surface area contributed by atoms with Crippen molar-refractivity contribution < 1.29 is 19.4 Å². The van der Waals surface area contributed by atoms with Crippen molar-refractivity contribution in [2.45, 2.75) is 20.0 Å². The maximum absolute atomic E-state index is 12.4. The molecule has 0 fully saturated rings. The lowest BCUT2D eigenvalue weighted by Gasteiger charge is -2.16. The molecule has 3 aromatic carbocycles. The number of aromatic hydroxyl groups is 1. The molecule has 2 amide bonds. The first-order chi connectivity index (χ1) is 14.3. The molecule has 3 rings (SSSR count). The standard InChI is InChI=1S/C23H21BrN2O4/c1-14-7-9-16(10-8-14)23(29)26-19-12-11-17(13-20(19)27)25-22(28)15(2)30-21-6-4-3-5-18(21)24/h3-13,15,27H,1-2H3,(H,25,28)(H,26,29). The second kappa shape index (κ2) is 9.45. The third-order valence-electron chi connectivity index (χ3n) is 4.34. The molecule has 30 heavy (non-hydrogen) atoms. The van der Waals surface area contributed by atoms with Crippen molar-refractivity contribution in [1.82, 2.24) is 0 Å². The number of carbonyl (C=O) groups is 2. The van der Waals surface area contributed by atoms with Gasteiger partial charge in [-0.25, -0.2) is 0 Å². The number of benzene rings is 3. The number of carbonyl (C=O) groups excluding carboxylic acids is 2. The van der Waals surface area contributed by atoms with Gasteiger partial charge in [-0.1, -0.05) is 29.8 Å². The molecule has 7 heteroatoms. The zero-order chi connectivity index (χ0) is 21.7. The molecule has 0 aliphatic heterocycles. The van der Waals surface area contributed by atoms with Crippen LogP contribution in [-0.4, -0.2) is 23.0 Å². The summed E-state index contributed by atoms with van der Waals surface area (Å²) in [4.78, 5) is 24.7. The lowest BCUT2D eigenvalue weighted by molar-refractivity contribution is -0.122. The zero-order valence-electron chi connectivity index (χ0n) is 16.5. The van der Waals surface area contributed by atoms with Crippen LogP contribution in [0.25, 0.3) is 0 Å². The highest BCUT2D eigenvalue weighted by Crippen LogP contribution is 2.28. The minimum Gasteiger partial charge on any atom is -0.506 e. The first-order valence-electron chi connectivity index (χ1n) is 9.26. The van der Waals surface area contributed by atoms with E-state index in [2.05, 4.69) is 26.6 Å². The number of hydrogen-bond acceptors (Lipinski definition) is 4.